The van der Waals surface area contributed by atoms with Gasteiger partial charge in [0.2, 0.25) is 15.9 Å². The molecule has 2 aromatic rings. The van der Waals surface area contributed by atoms with E-state index in [9.17, 15) is 13.2 Å². The third kappa shape index (κ3) is 2.73. The number of likely N-dealkylation sites (N-methyl/N-ethyl adjacent to an activating group) is 1. The van der Waals surface area contributed by atoms with Crippen molar-refractivity contribution in [2.75, 3.05) is 27.2 Å². The van der Waals surface area contributed by atoms with Crippen LogP contribution in [0.3, 0.4) is 0 Å². The lowest BCUT2D eigenvalue weighted by molar-refractivity contribution is -0.129. The van der Waals surface area contributed by atoms with E-state index in [0.717, 1.165) is 11.1 Å². The van der Waals surface area contributed by atoms with Crippen molar-refractivity contribution in [3.05, 3.63) is 59.7 Å². The molecule has 0 radical (unpaired) electrons. The normalized spacial score (nSPS) is 23.6. The van der Waals surface area contributed by atoms with E-state index in [4.69, 9.17) is 4.74 Å². The first kappa shape index (κ1) is 18.0. The van der Waals surface area contributed by atoms with Crippen molar-refractivity contribution in [2.45, 2.75) is 23.3 Å². The van der Waals surface area contributed by atoms with E-state index in [1.807, 2.05) is 36.4 Å². The Balaban J connectivity index is 1.59. The summed E-state index contributed by atoms with van der Waals surface area (Å²) in [7, 11) is -0.302. The van der Waals surface area contributed by atoms with Gasteiger partial charge in [-0.3, -0.25) is 4.79 Å². The predicted octanol–water partition coefficient (Wildman–Crippen LogP) is 2.00. The molecular weight excluding hydrogens is 364 g/mol. The molecule has 7 heteroatoms. The van der Waals surface area contributed by atoms with Crippen molar-refractivity contribution in [3.8, 4) is 5.75 Å². The average Bonchev–Trinajstić information content (AvgIpc) is 3.19. The van der Waals surface area contributed by atoms with Crippen LogP contribution in [0.2, 0.25) is 0 Å². The van der Waals surface area contributed by atoms with Crippen molar-refractivity contribution in [1.82, 2.24) is 9.21 Å². The van der Waals surface area contributed by atoms with Gasteiger partial charge in [0, 0.05) is 20.1 Å². The number of rotatable bonds is 3. The Morgan fingerprint density at radius 3 is 2.74 bits per heavy atom. The number of amides is 1. The first-order valence-corrected chi connectivity index (χ1v) is 10.3. The quantitative estimate of drug-likeness (QED) is 0.809. The number of carbonyl (C=O) groups excluding carboxylic acids is 1. The molecule has 6 nitrogen and oxygen atoms in total. The molecule has 1 spiro atoms. The molecule has 2 aliphatic rings. The Morgan fingerprint density at radius 2 is 1.96 bits per heavy atom. The molecule has 2 aliphatic heterocycles. The fraction of sp³-hybridized carbons (Fsp3) is 0.350. The Hall–Kier alpha value is -2.38. The van der Waals surface area contributed by atoms with Crippen molar-refractivity contribution >= 4 is 15.9 Å². The summed E-state index contributed by atoms with van der Waals surface area (Å²) in [4.78, 5) is 15.0. The Kier molecular flexibility index (Phi) is 4.24. The molecule has 1 amide bonds. The van der Waals surface area contributed by atoms with Gasteiger partial charge in [0.05, 0.1) is 24.0 Å². The number of carbonyl (C=O) groups is 1. The van der Waals surface area contributed by atoms with Crippen LogP contribution in [-0.4, -0.2) is 50.8 Å². The summed E-state index contributed by atoms with van der Waals surface area (Å²) >= 11 is 0. The monoisotopic (exact) mass is 386 g/mol. The van der Waals surface area contributed by atoms with Crippen LogP contribution in [0, 0.1) is 0 Å². The van der Waals surface area contributed by atoms with Gasteiger partial charge in [0.1, 0.15) is 5.75 Å². The Labute approximate surface area is 159 Å². The molecule has 27 heavy (non-hydrogen) atoms. The highest BCUT2D eigenvalue weighted by Gasteiger charge is 2.55. The van der Waals surface area contributed by atoms with Crippen LogP contribution in [0.25, 0.3) is 0 Å². The minimum absolute atomic E-state index is 0.00435. The van der Waals surface area contributed by atoms with Gasteiger partial charge in [0.15, 0.2) is 0 Å². The SMILES string of the molecule is COc1cccc(CC(=O)N2CC[C@@]3(C2)c2ccccc2S(=O)(=O)N3C)c1. The number of hydrogen-bond donors (Lipinski definition) is 0. The molecule has 4 rings (SSSR count). The van der Waals surface area contributed by atoms with Gasteiger partial charge in [-0.15, -0.1) is 0 Å². The van der Waals surface area contributed by atoms with Crippen molar-refractivity contribution in [1.29, 1.82) is 0 Å². The van der Waals surface area contributed by atoms with E-state index < -0.39 is 15.6 Å². The van der Waals surface area contributed by atoms with E-state index in [2.05, 4.69) is 0 Å². The summed E-state index contributed by atoms with van der Waals surface area (Å²) in [6.45, 7) is 0.916. The van der Waals surface area contributed by atoms with Gasteiger partial charge in [-0.2, -0.15) is 4.31 Å². The summed E-state index contributed by atoms with van der Waals surface area (Å²) in [5.41, 5.74) is 1.01. The zero-order valence-electron chi connectivity index (χ0n) is 15.4. The molecule has 0 aromatic heterocycles. The maximum atomic E-state index is 12.9. The van der Waals surface area contributed by atoms with Crippen LogP contribution < -0.4 is 4.74 Å². The fourth-order valence-electron chi connectivity index (χ4n) is 4.18. The lowest BCUT2D eigenvalue weighted by atomic mass is 9.89. The minimum atomic E-state index is -3.51. The highest BCUT2D eigenvalue weighted by Crippen LogP contribution is 2.48. The van der Waals surface area contributed by atoms with Gasteiger partial charge < -0.3 is 9.64 Å². The summed E-state index contributed by atoms with van der Waals surface area (Å²) in [5, 5.41) is 0. The van der Waals surface area contributed by atoms with Gasteiger partial charge >= 0.3 is 0 Å². The van der Waals surface area contributed by atoms with Crippen LogP contribution >= 0.6 is 0 Å². The van der Waals surface area contributed by atoms with Gasteiger partial charge in [-0.25, -0.2) is 8.42 Å². The first-order valence-electron chi connectivity index (χ1n) is 8.88. The van der Waals surface area contributed by atoms with E-state index in [0.29, 0.717) is 30.2 Å². The van der Waals surface area contributed by atoms with Crippen LogP contribution in [0.15, 0.2) is 53.4 Å². The average molecular weight is 386 g/mol. The van der Waals surface area contributed by atoms with Gasteiger partial charge in [-0.1, -0.05) is 30.3 Å². The molecular formula is C20H22N2O4S. The smallest absolute Gasteiger partial charge is 0.244 e. The van der Waals surface area contributed by atoms with Gasteiger partial charge in [0.25, 0.3) is 0 Å². The number of likely N-dealkylation sites (tertiary alicyclic amines) is 1. The summed E-state index contributed by atoms with van der Waals surface area (Å²) in [6.07, 6.45) is 0.870. The van der Waals surface area contributed by atoms with Crippen molar-refractivity contribution in [2.24, 2.45) is 0 Å². The van der Waals surface area contributed by atoms with E-state index >= 15 is 0 Å². The molecule has 0 N–H and O–H groups in total. The summed E-state index contributed by atoms with van der Waals surface area (Å²) in [6, 6.07) is 14.6. The van der Waals surface area contributed by atoms with E-state index in [1.54, 1.807) is 31.2 Å². The molecule has 2 heterocycles. The number of benzene rings is 2. The van der Waals surface area contributed by atoms with Crippen LogP contribution in [0.1, 0.15) is 17.5 Å². The standard InChI is InChI=1S/C20H22N2O4S/c1-21-20(17-8-3-4-9-18(17)27(21,24)25)10-11-22(14-20)19(23)13-15-6-5-7-16(12-15)26-2/h3-9,12H,10-11,13-14H2,1-2H3/t20-/m1/s1. The van der Waals surface area contributed by atoms with Crippen LogP contribution in [0.5, 0.6) is 5.75 Å². The second-order valence-corrected chi connectivity index (χ2v) is 9.03. The van der Waals surface area contributed by atoms with E-state index in [1.165, 1.54) is 4.31 Å². The number of methoxy groups -OCH3 is 1. The number of ether oxygens (including phenoxy) is 1. The summed E-state index contributed by atoms with van der Waals surface area (Å²) < 4.78 is 32.2. The lowest BCUT2D eigenvalue weighted by Gasteiger charge is -2.31. The molecule has 0 bridgehead atoms. The lowest BCUT2D eigenvalue weighted by Crippen LogP contribution is -2.44. The molecule has 1 saturated heterocycles. The number of hydrogen-bond acceptors (Lipinski definition) is 4. The highest BCUT2D eigenvalue weighted by molar-refractivity contribution is 7.89. The number of fused-ring (bicyclic) bond motifs is 2. The van der Waals surface area contributed by atoms with Crippen LogP contribution in [0.4, 0.5) is 0 Å². The van der Waals surface area contributed by atoms with E-state index in [-0.39, 0.29) is 12.3 Å². The van der Waals surface area contributed by atoms with Crippen molar-refractivity contribution < 1.29 is 17.9 Å². The second-order valence-electron chi connectivity index (χ2n) is 7.09. The van der Waals surface area contributed by atoms with Crippen molar-refractivity contribution in [3.63, 3.8) is 0 Å². The molecule has 0 aliphatic carbocycles. The maximum Gasteiger partial charge on any atom is 0.244 e. The highest BCUT2D eigenvalue weighted by atomic mass is 32.2. The second kappa shape index (κ2) is 6.35. The Bertz CT molecular complexity index is 1000. The molecule has 1 atom stereocenters. The minimum Gasteiger partial charge on any atom is -0.497 e. The molecule has 142 valence electrons. The maximum absolute atomic E-state index is 12.9. The first-order chi connectivity index (χ1) is 12.9. The third-order valence-electron chi connectivity index (χ3n) is 5.72. The third-order valence-corrected chi connectivity index (χ3v) is 7.70. The zero-order valence-corrected chi connectivity index (χ0v) is 16.2. The largest absolute Gasteiger partial charge is 0.497 e. The number of nitrogens with zero attached hydrogens (tertiary/aromatic N) is 2. The fourth-order valence-corrected chi connectivity index (χ4v) is 5.96. The Morgan fingerprint density at radius 1 is 1.19 bits per heavy atom. The summed E-state index contributed by atoms with van der Waals surface area (Å²) in [5.74, 6) is 0.712. The van der Waals surface area contributed by atoms with Gasteiger partial charge in [-0.05, 0) is 35.7 Å². The zero-order chi connectivity index (χ0) is 19.2. The number of sulfonamides is 1. The van der Waals surface area contributed by atoms with Crippen LogP contribution in [-0.2, 0) is 26.8 Å². The topological polar surface area (TPSA) is 66.9 Å². The molecule has 0 unspecified atom stereocenters. The molecule has 1 fully saturated rings. The predicted molar refractivity (Wildman–Crippen MR) is 101 cm³/mol. The molecule has 0 saturated carbocycles. The molecule has 2 aromatic carbocycles.